The summed E-state index contributed by atoms with van der Waals surface area (Å²) in [6.45, 7) is -0.538. The van der Waals surface area contributed by atoms with E-state index in [9.17, 15) is 14.0 Å². The Balaban J connectivity index is 2.44. The zero-order valence-electron chi connectivity index (χ0n) is 8.67. The molecule has 0 atom stereocenters. The second-order valence-corrected chi connectivity index (χ2v) is 3.60. The molecule has 92 valence electrons. The minimum atomic E-state index is -1.15. The minimum Gasteiger partial charge on any atom is -0.480 e. The van der Waals surface area contributed by atoms with Crippen molar-refractivity contribution in [3.8, 4) is 0 Å². The summed E-state index contributed by atoms with van der Waals surface area (Å²) >= 11 is 5.56. The maximum atomic E-state index is 13.3. The first-order valence-corrected chi connectivity index (χ1v) is 5.04. The highest BCUT2D eigenvalue weighted by Gasteiger charge is 2.06. The van der Waals surface area contributed by atoms with Crippen LogP contribution in [0.4, 0.5) is 9.18 Å². The molecule has 0 fully saturated rings. The summed E-state index contributed by atoms with van der Waals surface area (Å²) in [4.78, 5) is 21.2. The number of carbonyl (C=O) groups excluding carboxylic acids is 1. The first-order chi connectivity index (χ1) is 7.99. The van der Waals surface area contributed by atoms with Crippen molar-refractivity contribution in [2.24, 2.45) is 0 Å². The van der Waals surface area contributed by atoms with Gasteiger partial charge >= 0.3 is 12.0 Å². The normalized spacial score (nSPS) is 9.76. The van der Waals surface area contributed by atoms with Crippen molar-refractivity contribution in [3.63, 3.8) is 0 Å². The molecule has 0 saturated carbocycles. The Bertz CT molecular complexity index is 440. The van der Waals surface area contributed by atoms with E-state index in [1.54, 1.807) is 0 Å². The van der Waals surface area contributed by atoms with Crippen LogP contribution < -0.4 is 10.6 Å². The summed E-state index contributed by atoms with van der Waals surface area (Å²) in [5.41, 5.74) is 0.264. The fourth-order valence-electron chi connectivity index (χ4n) is 1.06. The molecule has 0 aliphatic carbocycles. The summed E-state index contributed by atoms with van der Waals surface area (Å²) in [5.74, 6) is -1.69. The lowest BCUT2D eigenvalue weighted by molar-refractivity contribution is -0.135. The van der Waals surface area contributed by atoms with E-state index in [1.807, 2.05) is 0 Å². The predicted octanol–water partition coefficient (Wildman–Crippen LogP) is 1.36. The van der Waals surface area contributed by atoms with E-state index < -0.39 is 24.4 Å². The molecule has 5 nitrogen and oxygen atoms in total. The number of nitrogens with one attached hydrogen (secondary N) is 2. The van der Waals surface area contributed by atoms with Crippen molar-refractivity contribution in [3.05, 3.63) is 34.6 Å². The molecule has 0 heterocycles. The van der Waals surface area contributed by atoms with Crippen LogP contribution in [0.5, 0.6) is 0 Å². The summed E-state index contributed by atoms with van der Waals surface area (Å²) in [5, 5.41) is 13.0. The van der Waals surface area contributed by atoms with Gasteiger partial charge in [-0.2, -0.15) is 0 Å². The van der Waals surface area contributed by atoms with Crippen LogP contribution in [-0.2, 0) is 11.3 Å². The molecule has 1 rings (SSSR count). The van der Waals surface area contributed by atoms with E-state index in [0.717, 1.165) is 6.07 Å². The third-order valence-electron chi connectivity index (χ3n) is 1.85. The number of hydrogen-bond acceptors (Lipinski definition) is 2. The molecular formula is C10H10ClFN2O3. The second-order valence-electron chi connectivity index (χ2n) is 3.17. The first-order valence-electron chi connectivity index (χ1n) is 4.66. The van der Waals surface area contributed by atoms with Gasteiger partial charge in [0.05, 0.1) is 0 Å². The summed E-state index contributed by atoms with van der Waals surface area (Å²) < 4.78 is 13.3. The number of halogens is 2. The van der Waals surface area contributed by atoms with Crippen LogP contribution in [-0.4, -0.2) is 23.7 Å². The number of rotatable bonds is 4. The summed E-state index contributed by atoms with van der Waals surface area (Å²) in [6, 6.07) is 3.39. The Morgan fingerprint density at radius 1 is 1.35 bits per heavy atom. The molecule has 0 aliphatic heterocycles. The molecule has 2 amide bonds. The Morgan fingerprint density at radius 2 is 2.06 bits per heavy atom. The Hall–Kier alpha value is -1.82. The fraction of sp³-hybridized carbons (Fsp3) is 0.200. The number of hydrogen-bond donors (Lipinski definition) is 3. The zero-order chi connectivity index (χ0) is 12.8. The number of urea groups is 1. The molecule has 1 aromatic carbocycles. The van der Waals surface area contributed by atoms with Gasteiger partial charge in [-0.3, -0.25) is 4.79 Å². The summed E-state index contributed by atoms with van der Waals surface area (Å²) in [6.07, 6.45) is 0. The zero-order valence-corrected chi connectivity index (χ0v) is 9.42. The number of carboxylic acid groups (broad SMARTS) is 1. The van der Waals surface area contributed by atoms with Crippen molar-refractivity contribution >= 4 is 23.6 Å². The van der Waals surface area contributed by atoms with Crippen LogP contribution in [0.15, 0.2) is 18.2 Å². The number of carbonyl (C=O) groups is 2. The smallest absolute Gasteiger partial charge is 0.323 e. The molecule has 3 N–H and O–H groups in total. The standard InChI is InChI=1S/C10H10ClFN2O3/c11-7-2-1-6(8(12)3-7)4-13-10(17)14-5-9(15)16/h1-3H,4-5H2,(H,15,16)(H2,13,14,17). The Kier molecular flexibility index (Phi) is 4.71. The second kappa shape index (κ2) is 6.05. The molecule has 7 heteroatoms. The quantitative estimate of drug-likeness (QED) is 0.765. The third-order valence-corrected chi connectivity index (χ3v) is 2.09. The van der Waals surface area contributed by atoms with Crippen LogP contribution in [0, 0.1) is 5.82 Å². The van der Waals surface area contributed by atoms with Gasteiger partial charge in [0.1, 0.15) is 12.4 Å². The van der Waals surface area contributed by atoms with Gasteiger partial charge < -0.3 is 15.7 Å². The van der Waals surface area contributed by atoms with Gasteiger partial charge in [-0.05, 0) is 12.1 Å². The maximum Gasteiger partial charge on any atom is 0.323 e. The van der Waals surface area contributed by atoms with Crippen LogP contribution in [0.2, 0.25) is 5.02 Å². The molecule has 0 unspecified atom stereocenters. The van der Waals surface area contributed by atoms with Gasteiger partial charge in [0.2, 0.25) is 0 Å². The highest BCUT2D eigenvalue weighted by Crippen LogP contribution is 2.14. The molecule has 0 spiro atoms. The molecular weight excluding hydrogens is 251 g/mol. The van der Waals surface area contributed by atoms with Gasteiger partial charge in [-0.1, -0.05) is 17.7 Å². The molecule has 17 heavy (non-hydrogen) atoms. The van der Waals surface area contributed by atoms with E-state index >= 15 is 0 Å². The van der Waals surface area contributed by atoms with Crippen LogP contribution >= 0.6 is 11.6 Å². The molecule has 0 radical (unpaired) electrons. The van der Waals surface area contributed by atoms with E-state index in [1.165, 1.54) is 12.1 Å². The maximum absolute atomic E-state index is 13.3. The largest absolute Gasteiger partial charge is 0.480 e. The number of carboxylic acids is 1. The lowest BCUT2D eigenvalue weighted by atomic mass is 10.2. The van der Waals surface area contributed by atoms with Gasteiger partial charge in [-0.15, -0.1) is 0 Å². The Morgan fingerprint density at radius 3 is 2.65 bits per heavy atom. The van der Waals surface area contributed by atoms with E-state index in [4.69, 9.17) is 16.7 Å². The monoisotopic (exact) mass is 260 g/mol. The molecule has 0 bridgehead atoms. The molecule has 0 aliphatic rings. The van der Waals surface area contributed by atoms with Gasteiger partial charge in [0.15, 0.2) is 0 Å². The van der Waals surface area contributed by atoms with Gasteiger partial charge in [0.25, 0.3) is 0 Å². The number of amides is 2. The van der Waals surface area contributed by atoms with E-state index in [0.29, 0.717) is 0 Å². The lowest BCUT2D eigenvalue weighted by Crippen LogP contribution is -2.38. The van der Waals surface area contributed by atoms with Crippen LogP contribution in [0.1, 0.15) is 5.56 Å². The van der Waals surface area contributed by atoms with E-state index in [-0.39, 0.29) is 17.1 Å². The van der Waals surface area contributed by atoms with Gasteiger partial charge in [0, 0.05) is 17.1 Å². The SMILES string of the molecule is O=C(O)CNC(=O)NCc1ccc(Cl)cc1F. The van der Waals surface area contributed by atoms with E-state index in [2.05, 4.69) is 10.6 Å². The van der Waals surface area contributed by atoms with Crippen molar-refractivity contribution in [1.82, 2.24) is 10.6 Å². The summed E-state index contributed by atoms with van der Waals surface area (Å²) in [7, 11) is 0. The average molecular weight is 261 g/mol. The topological polar surface area (TPSA) is 78.4 Å². The van der Waals surface area contributed by atoms with Crippen LogP contribution in [0.3, 0.4) is 0 Å². The molecule has 0 saturated heterocycles. The van der Waals surface area contributed by atoms with Crippen molar-refractivity contribution in [2.45, 2.75) is 6.54 Å². The average Bonchev–Trinajstić information content (AvgIpc) is 2.25. The molecule has 0 aromatic heterocycles. The highest BCUT2D eigenvalue weighted by molar-refractivity contribution is 6.30. The first kappa shape index (κ1) is 13.2. The predicted molar refractivity (Wildman–Crippen MR) is 59.3 cm³/mol. The highest BCUT2D eigenvalue weighted by atomic mass is 35.5. The van der Waals surface area contributed by atoms with Gasteiger partial charge in [-0.25, -0.2) is 9.18 Å². The lowest BCUT2D eigenvalue weighted by Gasteiger charge is -2.07. The van der Waals surface area contributed by atoms with Crippen molar-refractivity contribution in [2.75, 3.05) is 6.54 Å². The minimum absolute atomic E-state index is 0.0472. The Labute approximate surface area is 102 Å². The van der Waals surface area contributed by atoms with Crippen molar-refractivity contribution in [1.29, 1.82) is 0 Å². The number of aliphatic carboxylic acids is 1. The van der Waals surface area contributed by atoms with Crippen molar-refractivity contribution < 1.29 is 19.1 Å². The third kappa shape index (κ3) is 4.69. The fourth-order valence-corrected chi connectivity index (χ4v) is 1.22. The number of benzene rings is 1. The van der Waals surface area contributed by atoms with Crippen LogP contribution in [0.25, 0.3) is 0 Å². The molecule has 1 aromatic rings.